The highest BCUT2D eigenvalue weighted by Gasteiger charge is 2.43. The Morgan fingerprint density at radius 3 is 2.14 bits per heavy atom. The van der Waals surface area contributed by atoms with Gasteiger partial charge >= 0.3 is 0 Å². The van der Waals surface area contributed by atoms with Crippen molar-refractivity contribution in [3.05, 3.63) is 69.3 Å². The van der Waals surface area contributed by atoms with Crippen LogP contribution in [-0.4, -0.2) is 40.8 Å². The van der Waals surface area contributed by atoms with E-state index in [1.54, 1.807) is 25.1 Å². The minimum absolute atomic E-state index is 0.171. The molecule has 0 aromatic heterocycles. The Kier molecular flexibility index (Phi) is 3.90. The van der Waals surface area contributed by atoms with Gasteiger partial charge in [0.15, 0.2) is 17.4 Å². The maximum absolute atomic E-state index is 13.1. The zero-order chi connectivity index (χ0) is 20.5. The summed E-state index contributed by atoms with van der Waals surface area (Å²) in [6.07, 6.45) is 1.87. The molecule has 148 valence electrons. The second kappa shape index (κ2) is 6.16. The second-order valence-electron chi connectivity index (χ2n) is 7.46. The number of carbonyl (C=O) groups excluding carboxylic acids is 2. The number of allylic oxidation sites excluding steroid dienone is 1. The average molecular weight is 413 g/mol. The molecule has 5 rings (SSSR count). The van der Waals surface area contributed by atoms with Crippen molar-refractivity contribution in [1.82, 2.24) is 0 Å². The lowest BCUT2D eigenvalue weighted by Gasteiger charge is -2.33. The quantitative estimate of drug-likeness (QED) is 0.361. The van der Waals surface area contributed by atoms with E-state index in [0.717, 1.165) is 0 Å². The molecule has 1 unspecified atom stereocenters. The van der Waals surface area contributed by atoms with Crippen molar-refractivity contribution in [3.63, 3.8) is 0 Å². The van der Waals surface area contributed by atoms with Crippen LogP contribution >= 0.6 is 11.6 Å². The molecule has 0 bridgehead atoms. The van der Waals surface area contributed by atoms with Gasteiger partial charge in [0.25, 0.3) is 0 Å². The molecule has 1 fully saturated rings. The summed E-state index contributed by atoms with van der Waals surface area (Å²) in [5.41, 5.74) is 1.22. The van der Waals surface area contributed by atoms with Crippen LogP contribution in [0.1, 0.15) is 55.3 Å². The largest absolute Gasteiger partial charge is 0.507 e. The van der Waals surface area contributed by atoms with Gasteiger partial charge in [0.2, 0.25) is 0 Å². The fourth-order valence-electron chi connectivity index (χ4n) is 4.38. The van der Waals surface area contributed by atoms with E-state index < -0.39 is 22.7 Å². The number of ether oxygens (including phenoxy) is 2. The summed E-state index contributed by atoms with van der Waals surface area (Å²) >= 11 is 6.53. The number of rotatable bonds is 1. The first-order chi connectivity index (χ1) is 13.8. The molecule has 1 atom stereocenters. The van der Waals surface area contributed by atoms with Gasteiger partial charge in [-0.1, -0.05) is 30.3 Å². The van der Waals surface area contributed by atoms with Crippen LogP contribution in [0.2, 0.25) is 0 Å². The minimum Gasteiger partial charge on any atom is -0.507 e. The molecule has 2 aliphatic carbocycles. The third-order valence-electron chi connectivity index (χ3n) is 5.87. The number of fused-ring (bicyclic) bond motifs is 3. The van der Waals surface area contributed by atoms with Crippen molar-refractivity contribution in [2.75, 3.05) is 13.2 Å². The molecule has 1 aliphatic heterocycles. The SMILES string of the molecule is CC1(C2=CC(Cl)c3c(O)c4c(c(O)c3C2)C(=O)c2ccccc2C4=O)OCCO1. The molecule has 0 spiro atoms. The smallest absolute Gasteiger partial charge is 0.198 e. The van der Waals surface area contributed by atoms with Crippen molar-refractivity contribution in [2.45, 2.75) is 24.5 Å². The van der Waals surface area contributed by atoms with E-state index in [1.165, 1.54) is 12.1 Å². The van der Waals surface area contributed by atoms with Gasteiger partial charge in [-0.2, -0.15) is 0 Å². The molecule has 2 aromatic carbocycles. The van der Waals surface area contributed by atoms with E-state index >= 15 is 0 Å². The number of halogens is 1. The zero-order valence-electron chi connectivity index (χ0n) is 15.5. The normalized spacial score (nSPS) is 22.0. The lowest BCUT2D eigenvalue weighted by Crippen LogP contribution is -2.32. The van der Waals surface area contributed by atoms with Crippen LogP contribution in [0.5, 0.6) is 11.5 Å². The molecule has 2 N–H and O–H groups in total. The highest BCUT2D eigenvalue weighted by atomic mass is 35.5. The molecule has 1 saturated heterocycles. The first kappa shape index (κ1) is 18.4. The van der Waals surface area contributed by atoms with Gasteiger partial charge < -0.3 is 19.7 Å². The standard InChI is InChI=1S/C22H17ClO6/c1-22(28-6-7-29-22)10-8-13-15(14(23)9-10)21(27)17-16(20(13)26)18(24)11-4-2-3-5-12(11)19(17)25/h2-5,9,14,26-27H,6-8H2,1H3. The summed E-state index contributed by atoms with van der Waals surface area (Å²) in [4.78, 5) is 26.1. The van der Waals surface area contributed by atoms with Crippen molar-refractivity contribution in [2.24, 2.45) is 0 Å². The topological polar surface area (TPSA) is 93.1 Å². The van der Waals surface area contributed by atoms with Crippen LogP contribution in [0.15, 0.2) is 35.9 Å². The molecule has 7 heteroatoms. The van der Waals surface area contributed by atoms with Crippen LogP contribution in [-0.2, 0) is 15.9 Å². The van der Waals surface area contributed by atoms with Crippen LogP contribution in [0.3, 0.4) is 0 Å². The Morgan fingerprint density at radius 2 is 1.55 bits per heavy atom. The molecular formula is C22H17ClO6. The number of aromatic hydroxyl groups is 2. The van der Waals surface area contributed by atoms with E-state index in [-0.39, 0.29) is 45.7 Å². The fourth-order valence-corrected chi connectivity index (χ4v) is 4.77. The van der Waals surface area contributed by atoms with E-state index in [1.807, 2.05) is 0 Å². The zero-order valence-corrected chi connectivity index (χ0v) is 16.2. The van der Waals surface area contributed by atoms with Crippen LogP contribution in [0.4, 0.5) is 0 Å². The Morgan fingerprint density at radius 1 is 1.00 bits per heavy atom. The first-order valence-corrected chi connectivity index (χ1v) is 9.69. The monoisotopic (exact) mass is 412 g/mol. The molecule has 2 aromatic rings. The number of ketones is 2. The molecule has 3 aliphatic rings. The lowest BCUT2D eigenvalue weighted by molar-refractivity contribution is -0.111. The Bertz CT molecular complexity index is 1130. The Balaban J connectivity index is 1.73. The summed E-state index contributed by atoms with van der Waals surface area (Å²) in [6.45, 7) is 2.62. The van der Waals surface area contributed by atoms with Gasteiger partial charge in [0, 0.05) is 28.7 Å². The number of hydrogen-bond donors (Lipinski definition) is 2. The number of hydrogen-bond acceptors (Lipinski definition) is 6. The number of phenolic OH excluding ortho intramolecular Hbond substituents is 2. The van der Waals surface area contributed by atoms with Gasteiger partial charge in [0.1, 0.15) is 11.5 Å². The highest BCUT2D eigenvalue weighted by Crippen LogP contribution is 2.51. The summed E-state index contributed by atoms with van der Waals surface area (Å²) in [5.74, 6) is -2.71. The van der Waals surface area contributed by atoms with Crippen molar-refractivity contribution in [1.29, 1.82) is 0 Å². The second-order valence-corrected chi connectivity index (χ2v) is 7.93. The van der Waals surface area contributed by atoms with E-state index in [4.69, 9.17) is 21.1 Å². The summed E-state index contributed by atoms with van der Waals surface area (Å²) in [5, 5.41) is 21.1. The van der Waals surface area contributed by atoms with E-state index in [9.17, 15) is 19.8 Å². The van der Waals surface area contributed by atoms with Crippen LogP contribution in [0, 0.1) is 0 Å². The Hall–Kier alpha value is -2.67. The predicted octanol–water partition coefficient (Wildman–Crippen LogP) is 3.40. The fraction of sp³-hybridized carbons (Fsp3) is 0.273. The van der Waals surface area contributed by atoms with E-state index in [2.05, 4.69) is 0 Å². The van der Waals surface area contributed by atoms with Crippen molar-refractivity contribution in [3.8, 4) is 11.5 Å². The molecular weight excluding hydrogens is 396 g/mol. The summed E-state index contributed by atoms with van der Waals surface area (Å²) in [6, 6.07) is 6.35. The number of alkyl halides is 1. The lowest BCUT2D eigenvalue weighted by atomic mass is 9.77. The molecule has 0 amide bonds. The molecule has 1 heterocycles. The summed E-state index contributed by atoms with van der Waals surface area (Å²) < 4.78 is 11.4. The number of phenols is 2. The van der Waals surface area contributed by atoms with Crippen LogP contribution in [0.25, 0.3) is 0 Å². The third-order valence-corrected chi connectivity index (χ3v) is 6.22. The average Bonchev–Trinajstić information content (AvgIpc) is 3.16. The van der Waals surface area contributed by atoms with Crippen molar-refractivity contribution >= 4 is 23.2 Å². The number of benzene rings is 2. The van der Waals surface area contributed by atoms with Gasteiger partial charge in [-0.15, -0.1) is 11.6 Å². The number of carbonyl (C=O) groups is 2. The maximum Gasteiger partial charge on any atom is 0.198 e. The van der Waals surface area contributed by atoms with E-state index in [0.29, 0.717) is 24.4 Å². The van der Waals surface area contributed by atoms with Crippen LogP contribution < -0.4 is 0 Å². The Labute approximate surface area is 171 Å². The van der Waals surface area contributed by atoms with Gasteiger partial charge in [-0.3, -0.25) is 9.59 Å². The molecule has 6 nitrogen and oxygen atoms in total. The van der Waals surface area contributed by atoms with Crippen molar-refractivity contribution < 1.29 is 29.3 Å². The highest BCUT2D eigenvalue weighted by molar-refractivity contribution is 6.31. The first-order valence-electron chi connectivity index (χ1n) is 9.25. The third kappa shape index (κ3) is 2.43. The predicted molar refractivity (Wildman–Crippen MR) is 104 cm³/mol. The van der Waals surface area contributed by atoms with Gasteiger partial charge in [-0.25, -0.2) is 0 Å². The minimum atomic E-state index is -0.991. The van der Waals surface area contributed by atoms with Gasteiger partial charge in [-0.05, 0) is 12.5 Å². The molecule has 0 saturated carbocycles. The molecule has 0 radical (unpaired) electrons. The molecule has 29 heavy (non-hydrogen) atoms. The summed E-state index contributed by atoms with van der Waals surface area (Å²) in [7, 11) is 0. The maximum atomic E-state index is 13.1. The van der Waals surface area contributed by atoms with Gasteiger partial charge in [0.05, 0.1) is 29.7 Å².